The summed E-state index contributed by atoms with van der Waals surface area (Å²) in [6.07, 6.45) is 3.08. The van der Waals surface area contributed by atoms with Gasteiger partial charge in [0.1, 0.15) is 17.1 Å². The first-order valence-corrected chi connectivity index (χ1v) is 13.7. The Labute approximate surface area is 212 Å². The summed E-state index contributed by atoms with van der Waals surface area (Å²) < 4.78 is 61.1. The number of benzene rings is 2. The number of carbonyl (C=O) groups excluding carboxylic acids is 1. The molecule has 4 rings (SSSR count). The molecule has 36 heavy (non-hydrogen) atoms. The molecular formula is C25H25F2N3O4S2. The van der Waals surface area contributed by atoms with Crippen LogP contribution < -0.4 is 4.90 Å². The van der Waals surface area contributed by atoms with Gasteiger partial charge in [-0.05, 0) is 48.9 Å². The second kappa shape index (κ2) is 10.9. The zero-order chi connectivity index (χ0) is 25.9. The van der Waals surface area contributed by atoms with E-state index in [-0.39, 0.29) is 32.4 Å². The molecule has 0 radical (unpaired) electrons. The number of thiazole rings is 1. The fraction of sp³-hybridized carbons (Fsp3) is 0.280. The zero-order valence-corrected chi connectivity index (χ0v) is 21.4. The molecule has 0 spiro atoms. The molecule has 190 valence electrons. The standard InChI is InChI=1S/C25H25F2N3O4S2/c1-3-5-12-29(4-2)36(32,33)20-10-8-17(9-11-20)24(31)30(16-19-7-6-13-34-19)25-28-23-21(27)14-18(26)15-22(23)35-25/h6-11,13-15H,3-5,12,16H2,1-2H3. The first-order valence-electron chi connectivity index (χ1n) is 11.4. The number of anilines is 1. The molecule has 0 saturated heterocycles. The topological polar surface area (TPSA) is 83.7 Å². The molecule has 11 heteroatoms. The lowest BCUT2D eigenvalue weighted by Crippen LogP contribution is -2.32. The maximum atomic E-state index is 14.3. The summed E-state index contributed by atoms with van der Waals surface area (Å²) in [6, 6.07) is 10.9. The number of hydrogen-bond donors (Lipinski definition) is 0. The molecule has 7 nitrogen and oxygen atoms in total. The van der Waals surface area contributed by atoms with Crippen LogP contribution in [0.3, 0.4) is 0 Å². The number of hydrogen-bond acceptors (Lipinski definition) is 6. The SMILES string of the molecule is CCCCN(CC)S(=O)(=O)c1ccc(C(=O)N(Cc2ccco2)c2nc3c(F)cc(F)cc3s2)cc1. The summed E-state index contributed by atoms with van der Waals surface area (Å²) >= 11 is 0.970. The summed E-state index contributed by atoms with van der Waals surface area (Å²) in [6.45, 7) is 4.53. The van der Waals surface area contributed by atoms with Gasteiger partial charge in [0, 0.05) is 24.7 Å². The number of aromatic nitrogens is 1. The molecular weight excluding hydrogens is 508 g/mol. The average molecular weight is 534 g/mol. The number of carbonyl (C=O) groups is 1. The Hall–Kier alpha value is -3.15. The minimum Gasteiger partial charge on any atom is -0.467 e. The van der Waals surface area contributed by atoms with Gasteiger partial charge in [0.25, 0.3) is 5.91 Å². The van der Waals surface area contributed by atoms with Gasteiger partial charge in [0.2, 0.25) is 10.0 Å². The van der Waals surface area contributed by atoms with Crippen LogP contribution in [0.25, 0.3) is 10.2 Å². The Morgan fingerprint density at radius 2 is 1.86 bits per heavy atom. The van der Waals surface area contributed by atoms with Gasteiger partial charge in [0.05, 0.1) is 22.4 Å². The van der Waals surface area contributed by atoms with Crippen molar-refractivity contribution in [1.29, 1.82) is 0 Å². The van der Waals surface area contributed by atoms with E-state index in [2.05, 4.69) is 4.98 Å². The molecule has 0 aliphatic carbocycles. The van der Waals surface area contributed by atoms with E-state index >= 15 is 0 Å². The van der Waals surface area contributed by atoms with Gasteiger partial charge in [-0.1, -0.05) is 31.6 Å². The second-order valence-corrected chi connectivity index (χ2v) is 11.0. The largest absolute Gasteiger partial charge is 0.467 e. The summed E-state index contributed by atoms with van der Waals surface area (Å²) in [5, 5.41) is 0.157. The van der Waals surface area contributed by atoms with Gasteiger partial charge < -0.3 is 4.42 Å². The maximum absolute atomic E-state index is 14.3. The van der Waals surface area contributed by atoms with E-state index in [0.29, 0.717) is 18.8 Å². The van der Waals surface area contributed by atoms with E-state index in [9.17, 15) is 22.0 Å². The highest BCUT2D eigenvalue weighted by Gasteiger charge is 2.26. The number of fused-ring (bicyclic) bond motifs is 1. The average Bonchev–Trinajstić information content (AvgIpc) is 3.52. The van der Waals surface area contributed by atoms with Crippen molar-refractivity contribution < 1.29 is 26.4 Å². The lowest BCUT2D eigenvalue weighted by molar-refractivity contribution is 0.0983. The third kappa shape index (κ3) is 5.32. The van der Waals surface area contributed by atoms with Crippen LogP contribution in [0.15, 0.2) is 64.1 Å². The van der Waals surface area contributed by atoms with E-state index in [0.717, 1.165) is 36.3 Å². The minimum absolute atomic E-state index is 0.00354. The van der Waals surface area contributed by atoms with Crippen molar-refractivity contribution in [2.24, 2.45) is 0 Å². The number of rotatable bonds is 10. The minimum atomic E-state index is -3.70. The van der Waals surface area contributed by atoms with Crippen molar-refractivity contribution in [2.45, 2.75) is 38.1 Å². The predicted molar refractivity (Wildman–Crippen MR) is 135 cm³/mol. The third-order valence-electron chi connectivity index (χ3n) is 5.62. The van der Waals surface area contributed by atoms with Crippen LogP contribution in [0.2, 0.25) is 0 Å². The molecule has 2 aromatic heterocycles. The van der Waals surface area contributed by atoms with E-state index in [4.69, 9.17) is 4.42 Å². The van der Waals surface area contributed by atoms with Crippen LogP contribution in [-0.2, 0) is 16.6 Å². The molecule has 0 unspecified atom stereocenters. The van der Waals surface area contributed by atoms with Gasteiger partial charge in [-0.3, -0.25) is 9.69 Å². The molecule has 0 bridgehead atoms. The first-order chi connectivity index (χ1) is 17.2. The fourth-order valence-corrected chi connectivity index (χ4v) is 6.19. The summed E-state index contributed by atoms with van der Waals surface area (Å²) in [4.78, 5) is 19.1. The Kier molecular flexibility index (Phi) is 7.82. The normalized spacial score (nSPS) is 11.9. The quantitative estimate of drug-likeness (QED) is 0.256. The van der Waals surface area contributed by atoms with Crippen molar-refractivity contribution in [3.05, 3.63) is 77.8 Å². The number of halogens is 2. The molecule has 0 fully saturated rings. The molecule has 0 aliphatic rings. The molecule has 0 aliphatic heterocycles. The Balaban J connectivity index is 1.67. The van der Waals surface area contributed by atoms with Gasteiger partial charge >= 0.3 is 0 Å². The highest BCUT2D eigenvalue weighted by Crippen LogP contribution is 2.33. The molecule has 0 N–H and O–H groups in total. The number of amides is 1. The maximum Gasteiger partial charge on any atom is 0.260 e. The van der Waals surface area contributed by atoms with Crippen LogP contribution in [0.4, 0.5) is 13.9 Å². The summed E-state index contributed by atoms with van der Waals surface area (Å²) in [5.41, 5.74) is 0.171. The zero-order valence-electron chi connectivity index (χ0n) is 19.8. The van der Waals surface area contributed by atoms with Gasteiger partial charge in [-0.25, -0.2) is 22.2 Å². The molecule has 0 saturated carbocycles. The molecule has 2 aromatic carbocycles. The Morgan fingerprint density at radius 3 is 2.50 bits per heavy atom. The van der Waals surface area contributed by atoms with Gasteiger partial charge in [0.15, 0.2) is 10.9 Å². The van der Waals surface area contributed by atoms with E-state index in [1.54, 1.807) is 19.1 Å². The smallest absolute Gasteiger partial charge is 0.260 e. The molecule has 1 amide bonds. The summed E-state index contributed by atoms with van der Waals surface area (Å²) in [5.74, 6) is -1.59. The number of nitrogens with zero attached hydrogens (tertiary/aromatic N) is 3. The Morgan fingerprint density at radius 1 is 1.11 bits per heavy atom. The molecule has 2 heterocycles. The Bertz CT molecular complexity index is 1450. The fourth-order valence-electron chi connectivity index (χ4n) is 3.70. The van der Waals surface area contributed by atoms with Crippen LogP contribution in [0.1, 0.15) is 42.8 Å². The number of furan rings is 1. The first kappa shape index (κ1) is 25.9. The van der Waals surface area contributed by atoms with E-state index < -0.39 is 27.6 Å². The van der Waals surface area contributed by atoms with Crippen LogP contribution in [-0.4, -0.2) is 36.7 Å². The van der Waals surface area contributed by atoms with Crippen molar-refractivity contribution >= 4 is 42.6 Å². The van der Waals surface area contributed by atoms with E-state index in [1.807, 2.05) is 6.92 Å². The molecule has 0 atom stereocenters. The van der Waals surface area contributed by atoms with Crippen molar-refractivity contribution in [1.82, 2.24) is 9.29 Å². The van der Waals surface area contributed by atoms with Crippen molar-refractivity contribution in [3.63, 3.8) is 0 Å². The van der Waals surface area contributed by atoms with Crippen LogP contribution >= 0.6 is 11.3 Å². The highest BCUT2D eigenvalue weighted by molar-refractivity contribution is 7.89. The third-order valence-corrected chi connectivity index (χ3v) is 8.64. The van der Waals surface area contributed by atoms with Crippen molar-refractivity contribution in [2.75, 3.05) is 18.0 Å². The number of sulfonamides is 1. The second-order valence-electron chi connectivity index (χ2n) is 8.08. The lowest BCUT2D eigenvalue weighted by Gasteiger charge is -2.21. The van der Waals surface area contributed by atoms with Gasteiger partial charge in [-0.15, -0.1) is 0 Å². The number of unbranched alkanes of at least 4 members (excludes halogenated alkanes) is 1. The predicted octanol–water partition coefficient (Wildman–Crippen LogP) is 5.83. The molecule has 4 aromatic rings. The highest BCUT2D eigenvalue weighted by atomic mass is 32.2. The lowest BCUT2D eigenvalue weighted by atomic mass is 10.2. The van der Waals surface area contributed by atoms with Gasteiger partial charge in [-0.2, -0.15) is 4.31 Å². The monoisotopic (exact) mass is 533 g/mol. The van der Waals surface area contributed by atoms with Crippen LogP contribution in [0, 0.1) is 11.6 Å². The summed E-state index contributed by atoms with van der Waals surface area (Å²) in [7, 11) is -3.70. The van der Waals surface area contributed by atoms with E-state index in [1.165, 1.54) is 39.7 Å². The van der Waals surface area contributed by atoms with Crippen molar-refractivity contribution in [3.8, 4) is 0 Å². The van der Waals surface area contributed by atoms with Crippen LogP contribution in [0.5, 0.6) is 0 Å².